The molecule has 6 heteroatoms. The third-order valence-electron chi connectivity index (χ3n) is 3.86. The SMILES string of the molecule is CC(NC(=O)c1ccccc1NC(=O)c1cccs1)c1cccc(Cl)c1. The molecule has 4 nitrogen and oxygen atoms in total. The maximum absolute atomic E-state index is 12.7. The molecular formula is C20H17ClN2O2S. The number of rotatable bonds is 5. The van der Waals surface area contributed by atoms with E-state index >= 15 is 0 Å². The summed E-state index contributed by atoms with van der Waals surface area (Å²) < 4.78 is 0. The topological polar surface area (TPSA) is 58.2 Å². The van der Waals surface area contributed by atoms with Crippen molar-refractivity contribution in [3.8, 4) is 0 Å². The highest BCUT2D eigenvalue weighted by Gasteiger charge is 2.17. The average molecular weight is 385 g/mol. The lowest BCUT2D eigenvalue weighted by Crippen LogP contribution is -2.28. The van der Waals surface area contributed by atoms with Crippen molar-refractivity contribution in [3.63, 3.8) is 0 Å². The minimum absolute atomic E-state index is 0.220. The van der Waals surface area contributed by atoms with E-state index in [1.165, 1.54) is 11.3 Å². The van der Waals surface area contributed by atoms with Gasteiger partial charge in [-0.05, 0) is 48.2 Å². The molecule has 2 amide bonds. The lowest BCUT2D eigenvalue weighted by atomic mass is 10.1. The van der Waals surface area contributed by atoms with Crippen LogP contribution < -0.4 is 10.6 Å². The molecule has 0 fully saturated rings. The summed E-state index contributed by atoms with van der Waals surface area (Å²) >= 11 is 7.36. The number of hydrogen-bond donors (Lipinski definition) is 2. The Bertz CT molecular complexity index is 925. The number of anilines is 1. The van der Waals surface area contributed by atoms with Gasteiger partial charge in [0.25, 0.3) is 11.8 Å². The Kier molecular flexibility index (Phi) is 5.71. The molecule has 0 aliphatic carbocycles. The van der Waals surface area contributed by atoms with Crippen molar-refractivity contribution in [2.45, 2.75) is 13.0 Å². The number of nitrogens with one attached hydrogen (secondary N) is 2. The van der Waals surface area contributed by atoms with Crippen LogP contribution in [0.15, 0.2) is 66.0 Å². The first kappa shape index (κ1) is 18.2. The maximum atomic E-state index is 12.7. The fraction of sp³-hybridized carbons (Fsp3) is 0.100. The Labute approximate surface area is 160 Å². The molecule has 0 saturated carbocycles. The molecule has 0 aliphatic heterocycles. The Balaban J connectivity index is 1.76. The molecule has 1 aromatic heterocycles. The number of hydrogen-bond acceptors (Lipinski definition) is 3. The summed E-state index contributed by atoms with van der Waals surface area (Å²) in [5.41, 5.74) is 1.79. The van der Waals surface area contributed by atoms with Crippen molar-refractivity contribution in [3.05, 3.63) is 87.1 Å². The van der Waals surface area contributed by atoms with Crippen molar-refractivity contribution >= 4 is 40.4 Å². The minimum Gasteiger partial charge on any atom is -0.345 e. The first-order chi connectivity index (χ1) is 12.5. The summed E-state index contributed by atoms with van der Waals surface area (Å²) in [6, 6.07) is 17.6. The van der Waals surface area contributed by atoms with Crippen LogP contribution in [-0.4, -0.2) is 11.8 Å². The van der Waals surface area contributed by atoms with Crippen LogP contribution in [0, 0.1) is 0 Å². The molecular weight excluding hydrogens is 368 g/mol. The summed E-state index contributed by atoms with van der Waals surface area (Å²) in [6.07, 6.45) is 0. The number of thiophene rings is 1. The highest BCUT2D eigenvalue weighted by molar-refractivity contribution is 7.12. The fourth-order valence-electron chi connectivity index (χ4n) is 2.52. The number of halogens is 1. The monoisotopic (exact) mass is 384 g/mol. The molecule has 2 aromatic carbocycles. The zero-order chi connectivity index (χ0) is 18.5. The highest BCUT2D eigenvalue weighted by Crippen LogP contribution is 2.21. The number of amides is 2. The summed E-state index contributed by atoms with van der Waals surface area (Å²) in [4.78, 5) is 25.6. The van der Waals surface area contributed by atoms with Gasteiger partial charge in [0.15, 0.2) is 0 Å². The summed E-state index contributed by atoms with van der Waals surface area (Å²) in [6.45, 7) is 1.89. The van der Waals surface area contributed by atoms with Crippen LogP contribution in [0.3, 0.4) is 0 Å². The molecule has 2 N–H and O–H groups in total. The molecule has 3 aromatic rings. The Morgan fingerprint density at radius 3 is 2.54 bits per heavy atom. The standard InChI is InChI=1S/C20H17ClN2O2S/c1-13(14-6-4-7-15(21)12-14)22-19(24)16-8-2-3-9-17(16)23-20(25)18-10-5-11-26-18/h2-13H,1H3,(H,22,24)(H,23,25). The van der Waals surface area contributed by atoms with E-state index in [-0.39, 0.29) is 17.9 Å². The van der Waals surface area contributed by atoms with Crippen molar-refractivity contribution in [2.24, 2.45) is 0 Å². The average Bonchev–Trinajstić information content (AvgIpc) is 3.17. The summed E-state index contributed by atoms with van der Waals surface area (Å²) in [5, 5.41) is 8.20. The maximum Gasteiger partial charge on any atom is 0.265 e. The van der Waals surface area contributed by atoms with Crippen molar-refractivity contribution in [1.82, 2.24) is 5.32 Å². The van der Waals surface area contributed by atoms with Gasteiger partial charge in [-0.1, -0.05) is 41.9 Å². The molecule has 0 spiro atoms. The second-order valence-electron chi connectivity index (χ2n) is 5.73. The van der Waals surface area contributed by atoms with Gasteiger partial charge in [0, 0.05) is 5.02 Å². The fourth-order valence-corrected chi connectivity index (χ4v) is 3.33. The van der Waals surface area contributed by atoms with Gasteiger partial charge in [-0.15, -0.1) is 11.3 Å². The first-order valence-electron chi connectivity index (χ1n) is 8.05. The number of para-hydroxylation sites is 1. The van der Waals surface area contributed by atoms with Gasteiger partial charge in [0.2, 0.25) is 0 Å². The number of carbonyl (C=O) groups is 2. The zero-order valence-corrected chi connectivity index (χ0v) is 15.6. The quantitative estimate of drug-likeness (QED) is 0.639. The van der Waals surface area contributed by atoms with Crippen molar-refractivity contribution in [1.29, 1.82) is 0 Å². The molecule has 0 bridgehead atoms. The van der Waals surface area contributed by atoms with Gasteiger partial charge in [-0.2, -0.15) is 0 Å². The van der Waals surface area contributed by atoms with Gasteiger partial charge >= 0.3 is 0 Å². The smallest absolute Gasteiger partial charge is 0.265 e. The highest BCUT2D eigenvalue weighted by atomic mass is 35.5. The largest absolute Gasteiger partial charge is 0.345 e. The first-order valence-corrected chi connectivity index (χ1v) is 9.30. The molecule has 0 saturated heterocycles. The molecule has 0 radical (unpaired) electrons. The number of benzene rings is 2. The normalized spacial score (nSPS) is 11.6. The van der Waals surface area contributed by atoms with Crippen LogP contribution in [0.4, 0.5) is 5.69 Å². The predicted molar refractivity (Wildman–Crippen MR) is 106 cm³/mol. The molecule has 132 valence electrons. The zero-order valence-electron chi connectivity index (χ0n) is 14.0. The van der Waals surface area contributed by atoms with Gasteiger partial charge in [-0.3, -0.25) is 9.59 Å². The van der Waals surface area contributed by atoms with Crippen molar-refractivity contribution in [2.75, 3.05) is 5.32 Å². The lowest BCUT2D eigenvalue weighted by Gasteiger charge is -2.16. The van der Waals surface area contributed by atoms with Crippen LogP contribution >= 0.6 is 22.9 Å². The molecule has 3 rings (SSSR count). The summed E-state index contributed by atoms with van der Waals surface area (Å²) in [7, 11) is 0. The predicted octanol–water partition coefficient (Wildman–Crippen LogP) is 5.14. The molecule has 1 heterocycles. The Morgan fingerprint density at radius 1 is 1.00 bits per heavy atom. The van der Waals surface area contributed by atoms with Crippen LogP contribution in [0.5, 0.6) is 0 Å². The van der Waals surface area contributed by atoms with Gasteiger partial charge in [0.05, 0.1) is 22.2 Å². The third-order valence-corrected chi connectivity index (χ3v) is 4.96. The molecule has 26 heavy (non-hydrogen) atoms. The van der Waals surface area contributed by atoms with Gasteiger partial charge < -0.3 is 10.6 Å². The second kappa shape index (κ2) is 8.17. The van der Waals surface area contributed by atoms with E-state index in [0.717, 1.165) is 5.56 Å². The third kappa shape index (κ3) is 4.31. The Morgan fingerprint density at radius 2 is 1.81 bits per heavy atom. The molecule has 0 aliphatic rings. The van der Waals surface area contributed by atoms with Gasteiger partial charge in [-0.25, -0.2) is 0 Å². The van der Waals surface area contributed by atoms with E-state index < -0.39 is 0 Å². The van der Waals surface area contributed by atoms with E-state index in [2.05, 4.69) is 10.6 Å². The van der Waals surface area contributed by atoms with E-state index in [0.29, 0.717) is 21.2 Å². The van der Waals surface area contributed by atoms with Crippen LogP contribution in [0.25, 0.3) is 0 Å². The second-order valence-corrected chi connectivity index (χ2v) is 7.11. The van der Waals surface area contributed by atoms with E-state index in [1.807, 2.05) is 36.6 Å². The van der Waals surface area contributed by atoms with Crippen LogP contribution in [-0.2, 0) is 0 Å². The Hall–Kier alpha value is -2.63. The number of carbonyl (C=O) groups excluding carboxylic acids is 2. The van der Waals surface area contributed by atoms with E-state index in [1.54, 1.807) is 36.4 Å². The lowest BCUT2D eigenvalue weighted by molar-refractivity contribution is 0.0941. The van der Waals surface area contributed by atoms with E-state index in [4.69, 9.17) is 11.6 Å². The van der Waals surface area contributed by atoms with Gasteiger partial charge in [0.1, 0.15) is 0 Å². The van der Waals surface area contributed by atoms with Crippen LogP contribution in [0.2, 0.25) is 5.02 Å². The van der Waals surface area contributed by atoms with E-state index in [9.17, 15) is 9.59 Å². The molecule has 1 atom stereocenters. The summed E-state index contributed by atoms with van der Waals surface area (Å²) in [5.74, 6) is -0.498. The molecule has 1 unspecified atom stereocenters. The minimum atomic E-state index is -0.264. The van der Waals surface area contributed by atoms with Crippen LogP contribution in [0.1, 0.15) is 38.6 Å². The van der Waals surface area contributed by atoms with Crippen molar-refractivity contribution < 1.29 is 9.59 Å².